The minimum Gasteiger partial charge on any atom is -0.371 e. The number of nitrogens with zero attached hydrogens (tertiary/aromatic N) is 1. The average Bonchev–Trinajstić information content (AvgIpc) is 2.46. The Kier molecular flexibility index (Phi) is 4.96. The smallest absolute Gasteiger partial charge is 0.234 e. The lowest BCUT2D eigenvalue weighted by atomic mass is 10.1. The molecule has 4 nitrogen and oxygen atoms in total. The van der Waals surface area contributed by atoms with Crippen molar-refractivity contribution in [3.05, 3.63) is 35.9 Å². The van der Waals surface area contributed by atoms with Crippen molar-refractivity contribution in [1.82, 2.24) is 10.2 Å². The first kappa shape index (κ1) is 13.6. The quantitative estimate of drug-likeness (QED) is 0.813. The standard InChI is InChI=1S/C15H18N2O2/c1-2-8-16-15(18)12-17-9-10-19-14(11-17)13-6-4-3-5-7-13/h1,3-7,14H,8-12H2,(H,16,18). The van der Waals surface area contributed by atoms with E-state index in [0.717, 1.165) is 18.7 Å². The third kappa shape index (κ3) is 4.09. The van der Waals surface area contributed by atoms with Crippen molar-refractivity contribution in [3.63, 3.8) is 0 Å². The highest BCUT2D eigenvalue weighted by molar-refractivity contribution is 5.78. The first-order chi connectivity index (χ1) is 9.29. The van der Waals surface area contributed by atoms with Crippen LogP contribution in [0.4, 0.5) is 0 Å². The van der Waals surface area contributed by atoms with E-state index in [-0.39, 0.29) is 18.6 Å². The Morgan fingerprint density at radius 3 is 3.00 bits per heavy atom. The summed E-state index contributed by atoms with van der Waals surface area (Å²) >= 11 is 0. The summed E-state index contributed by atoms with van der Waals surface area (Å²) in [6.45, 7) is 2.79. The van der Waals surface area contributed by atoms with Gasteiger partial charge in [-0.2, -0.15) is 0 Å². The van der Waals surface area contributed by atoms with Gasteiger partial charge in [0.1, 0.15) is 0 Å². The van der Waals surface area contributed by atoms with Gasteiger partial charge in [-0.1, -0.05) is 36.3 Å². The average molecular weight is 258 g/mol. The van der Waals surface area contributed by atoms with Gasteiger partial charge in [0.05, 0.1) is 25.8 Å². The zero-order valence-corrected chi connectivity index (χ0v) is 10.8. The molecule has 0 saturated carbocycles. The van der Waals surface area contributed by atoms with Crippen LogP contribution in [0.2, 0.25) is 0 Å². The van der Waals surface area contributed by atoms with Crippen LogP contribution in [-0.4, -0.2) is 43.6 Å². The molecule has 1 aromatic carbocycles. The number of amides is 1. The molecular formula is C15H18N2O2. The molecule has 1 saturated heterocycles. The van der Waals surface area contributed by atoms with E-state index < -0.39 is 0 Å². The minimum atomic E-state index is -0.0355. The number of benzene rings is 1. The molecule has 0 spiro atoms. The van der Waals surface area contributed by atoms with Crippen LogP contribution >= 0.6 is 0 Å². The molecule has 1 aromatic rings. The summed E-state index contributed by atoms with van der Waals surface area (Å²) in [5.41, 5.74) is 1.15. The Morgan fingerprint density at radius 2 is 2.26 bits per heavy atom. The Balaban J connectivity index is 1.87. The molecule has 1 amide bonds. The van der Waals surface area contributed by atoms with E-state index in [1.165, 1.54) is 0 Å². The van der Waals surface area contributed by atoms with Gasteiger partial charge in [-0.25, -0.2) is 0 Å². The maximum absolute atomic E-state index is 11.6. The Hall–Kier alpha value is -1.83. The maximum atomic E-state index is 11.6. The van der Waals surface area contributed by atoms with Gasteiger partial charge in [0.25, 0.3) is 0 Å². The van der Waals surface area contributed by atoms with Crippen LogP contribution in [0.15, 0.2) is 30.3 Å². The predicted molar refractivity (Wildman–Crippen MR) is 73.4 cm³/mol. The molecule has 1 N–H and O–H groups in total. The van der Waals surface area contributed by atoms with E-state index in [9.17, 15) is 4.79 Å². The zero-order chi connectivity index (χ0) is 13.5. The lowest BCUT2D eigenvalue weighted by Gasteiger charge is -2.32. The SMILES string of the molecule is C#CCNC(=O)CN1CCOC(c2ccccc2)C1. The minimum absolute atomic E-state index is 0.0355. The second-order valence-electron chi connectivity index (χ2n) is 4.49. The molecule has 19 heavy (non-hydrogen) atoms. The largest absolute Gasteiger partial charge is 0.371 e. The van der Waals surface area contributed by atoms with Crippen molar-refractivity contribution in [2.24, 2.45) is 0 Å². The fourth-order valence-electron chi connectivity index (χ4n) is 2.12. The molecule has 0 radical (unpaired) electrons. The summed E-state index contributed by atoms with van der Waals surface area (Å²) in [6.07, 6.45) is 5.15. The molecule has 0 aliphatic carbocycles. The highest BCUT2D eigenvalue weighted by atomic mass is 16.5. The van der Waals surface area contributed by atoms with Gasteiger partial charge < -0.3 is 10.1 Å². The summed E-state index contributed by atoms with van der Waals surface area (Å²) in [7, 11) is 0. The van der Waals surface area contributed by atoms with Crippen LogP contribution in [0, 0.1) is 12.3 Å². The third-order valence-corrected chi connectivity index (χ3v) is 3.08. The van der Waals surface area contributed by atoms with Crippen molar-refractivity contribution < 1.29 is 9.53 Å². The lowest BCUT2D eigenvalue weighted by molar-refractivity contribution is -0.124. The number of morpholine rings is 1. The van der Waals surface area contributed by atoms with E-state index in [2.05, 4.69) is 16.1 Å². The molecule has 1 atom stereocenters. The number of hydrogen-bond donors (Lipinski definition) is 1. The Labute approximate surface area is 113 Å². The second-order valence-corrected chi connectivity index (χ2v) is 4.49. The number of carbonyl (C=O) groups is 1. The van der Waals surface area contributed by atoms with E-state index in [1.807, 2.05) is 30.3 Å². The molecule has 4 heteroatoms. The molecule has 0 aromatic heterocycles. The van der Waals surface area contributed by atoms with Crippen LogP contribution in [0.1, 0.15) is 11.7 Å². The van der Waals surface area contributed by atoms with Gasteiger partial charge in [-0.3, -0.25) is 9.69 Å². The van der Waals surface area contributed by atoms with Crippen LogP contribution in [0.25, 0.3) is 0 Å². The Bertz CT molecular complexity index is 453. The van der Waals surface area contributed by atoms with Crippen molar-refractivity contribution in [2.45, 2.75) is 6.10 Å². The van der Waals surface area contributed by atoms with Gasteiger partial charge in [0.15, 0.2) is 0 Å². The lowest BCUT2D eigenvalue weighted by Crippen LogP contribution is -2.44. The zero-order valence-electron chi connectivity index (χ0n) is 10.8. The monoisotopic (exact) mass is 258 g/mol. The molecule has 1 fully saturated rings. The fraction of sp³-hybridized carbons (Fsp3) is 0.400. The third-order valence-electron chi connectivity index (χ3n) is 3.08. The topological polar surface area (TPSA) is 41.6 Å². The molecule has 1 heterocycles. The summed E-state index contributed by atoms with van der Waals surface area (Å²) < 4.78 is 5.75. The highest BCUT2D eigenvalue weighted by Crippen LogP contribution is 2.21. The highest BCUT2D eigenvalue weighted by Gasteiger charge is 2.22. The normalized spacial score (nSPS) is 19.6. The van der Waals surface area contributed by atoms with E-state index in [0.29, 0.717) is 13.2 Å². The van der Waals surface area contributed by atoms with Gasteiger partial charge in [-0.05, 0) is 5.56 Å². The summed E-state index contributed by atoms with van der Waals surface area (Å²) in [5, 5.41) is 2.68. The first-order valence-corrected chi connectivity index (χ1v) is 6.38. The van der Waals surface area contributed by atoms with Gasteiger partial charge in [0, 0.05) is 13.1 Å². The molecule has 1 unspecified atom stereocenters. The fourth-order valence-corrected chi connectivity index (χ4v) is 2.12. The number of terminal acetylenes is 1. The summed E-state index contributed by atoms with van der Waals surface area (Å²) in [6, 6.07) is 10.1. The molecule has 0 bridgehead atoms. The molecule has 1 aliphatic rings. The van der Waals surface area contributed by atoms with Crippen LogP contribution in [-0.2, 0) is 9.53 Å². The van der Waals surface area contributed by atoms with E-state index in [4.69, 9.17) is 11.2 Å². The summed E-state index contributed by atoms with van der Waals surface area (Å²) in [5.74, 6) is 2.36. The van der Waals surface area contributed by atoms with Gasteiger partial charge in [-0.15, -0.1) is 6.42 Å². The molecular weight excluding hydrogens is 240 g/mol. The molecule has 100 valence electrons. The summed E-state index contributed by atoms with van der Waals surface area (Å²) in [4.78, 5) is 13.7. The number of carbonyl (C=O) groups excluding carboxylic acids is 1. The second kappa shape index (κ2) is 6.93. The van der Waals surface area contributed by atoms with Gasteiger partial charge >= 0.3 is 0 Å². The van der Waals surface area contributed by atoms with Crippen LogP contribution < -0.4 is 5.32 Å². The molecule has 2 rings (SSSR count). The first-order valence-electron chi connectivity index (χ1n) is 6.38. The van der Waals surface area contributed by atoms with Crippen molar-refractivity contribution in [1.29, 1.82) is 0 Å². The van der Waals surface area contributed by atoms with Gasteiger partial charge in [0.2, 0.25) is 5.91 Å². The van der Waals surface area contributed by atoms with Crippen molar-refractivity contribution >= 4 is 5.91 Å². The predicted octanol–water partition coefficient (Wildman–Crippen LogP) is 0.809. The molecule has 1 aliphatic heterocycles. The number of rotatable bonds is 4. The maximum Gasteiger partial charge on any atom is 0.234 e. The van der Waals surface area contributed by atoms with E-state index >= 15 is 0 Å². The van der Waals surface area contributed by atoms with Crippen LogP contribution in [0.5, 0.6) is 0 Å². The van der Waals surface area contributed by atoms with Crippen molar-refractivity contribution in [3.8, 4) is 12.3 Å². The van der Waals surface area contributed by atoms with E-state index in [1.54, 1.807) is 0 Å². The van der Waals surface area contributed by atoms with Crippen LogP contribution in [0.3, 0.4) is 0 Å². The number of hydrogen-bond acceptors (Lipinski definition) is 3. The number of ether oxygens (including phenoxy) is 1. The number of nitrogens with one attached hydrogen (secondary N) is 1. The van der Waals surface area contributed by atoms with Crippen molar-refractivity contribution in [2.75, 3.05) is 32.8 Å². The Morgan fingerprint density at radius 1 is 1.47 bits per heavy atom.